The van der Waals surface area contributed by atoms with Crippen molar-refractivity contribution in [1.29, 1.82) is 0 Å². The highest BCUT2D eigenvalue weighted by Gasteiger charge is 2.33. The van der Waals surface area contributed by atoms with Crippen molar-refractivity contribution in [1.82, 2.24) is 14.1 Å². The maximum atomic E-state index is 13.3. The molecule has 1 N–H and O–H groups in total. The second-order valence-corrected chi connectivity index (χ2v) is 8.70. The van der Waals surface area contributed by atoms with E-state index in [4.69, 9.17) is 0 Å². The van der Waals surface area contributed by atoms with Gasteiger partial charge in [0, 0.05) is 39.2 Å². The number of piperidine rings is 1. The first-order valence-electron chi connectivity index (χ1n) is 8.65. The summed E-state index contributed by atoms with van der Waals surface area (Å²) in [5, 5.41) is 7.06. The summed E-state index contributed by atoms with van der Waals surface area (Å²) in [6.07, 6.45) is 3.56. The van der Waals surface area contributed by atoms with Gasteiger partial charge in [-0.05, 0) is 43.5 Å². The molecule has 26 heavy (non-hydrogen) atoms. The van der Waals surface area contributed by atoms with E-state index in [0.717, 1.165) is 24.1 Å². The van der Waals surface area contributed by atoms with Gasteiger partial charge in [0.15, 0.2) is 0 Å². The molecule has 1 aliphatic heterocycles. The van der Waals surface area contributed by atoms with Crippen LogP contribution in [0.15, 0.2) is 35.4 Å². The van der Waals surface area contributed by atoms with Crippen LogP contribution in [0.5, 0.6) is 0 Å². The molecule has 1 aromatic heterocycles. The first kappa shape index (κ1) is 18.6. The lowest BCUT2D eigenvalue weighted by Crippen LogP contribution is -2.39. The third-order valence-corrected chi connectivity index (χ3v) is 6.51. The van der Waals surface area contributed by atoms with Gasteiger partial charge in [-0.15, -0.1) is 0 Å². The van der Waals surface area contributed by atoms with Crippen molar-refractivity contribution in [3.8, 4) is 0 Å². The number of aryl methyl sites for hydroxylation is 2. The molecule has 0 unspecified atom stereocenters. The summed E-state index contributed by atoms with van der Waals surface area (Å²) >= 11 is 0. The van der Waals surface area contributed by atoms with Gasteiger partial charge in [-0.2, -0.15) is 9.40 Å². The third kappa shape index (κ3) is 3.81. The van der Waals surface area contributed by atoms with Crippen molar-refractivity contribution in [3.05, 3.63) is 41.7 Å². The summed E-state index contributed by atoms with van der Waals surface area (Å²) in [4.78, 5) is 11.6. The van der Waals surface area contributed by atoms with Crippen LogP contribution in [0.4, 0.5) is 5.69 Å². The molecule has 1 saturated heterocycles. The number of sulfonamides is 1. The molecule has 140 valence electrons. The van der Waals surface area contributed by atoms with Crippen LogP contribution in [-0.4, -0.2) is 41.5 Å². The van der Waals surface area contributed by atoms with Crippen LogP contribution in [0.3, 0.4) is 0 Å². The fraction of sp³-hybridized carbons (Fsp3) is 0.444. The maximum absolute atomic E-state index is 13.3. The largest absolute Gasteiger partial charge is 0.325 e. The molecule has 0 radical (unpaired) electrons. The average Bonchev–Trinajstić information content (AvgIpc) is 3.02. The Kier molecular flexibility index (Phi) is 5.15. The summed E-state index contributed by atoms with van der Waals surface area (Å²) in [5.74, 6) is -0.218. The first-order valence-corrected chi connectivity index (χ1v) is 10.1. The molecule has 0 aliphatic carbocycles. The zero-order valence-corrected chi connectivity index (χ0v) is 16.1. The Balaban J connectivity index is 1.92. The standard InChI is InChI=1S/C18H24N4O3S/c1-13-6-7-17(19-14(2)23)18(11-13)26(24,25)22-9-4-5-15(12-22)16-8-10-21(3)20-16/h6-8,10-11,15H,4-5,9,12H2,1-3H3,(H,19,23)/t15-/m1/s1. The Labute approximate surface area is 154 Å². The van der Waals surface area contributed by atoms with E-state index in [1.54, 1.807) is 22.9 Å². The smallest absolute Gasteiger partial charge is 0.245 e. The van der Waals surface area contributed by atoms with Crippen LogP contribution >= 0.6 is 0 Å². The minimum Gasteiger partial charge on any atom is -0.325 e. The third-order valence-electron chi connectivity index (χ3n) is 4.60. The lowest BCUT2D eigenvalue weighted by molar-refractivity contribution is -0.114. The summed E-state index contributed by atoms with van der Waals surface area (Å²) in [6, 6.07) is 6.99. The van der Waals surface area contributed by atoms with Crippen LogP contribution in [0.25, 0.3) is 0 Å². The van der Waals surface area contributed by atoms with E-state index < -0.39 is 10.0 Å². The minimum atomic E-state index is -3.71. The summed E-state index contributed by atoms with van der Waals surface area (Å²) in [7, 11) is -1.86. The first-order chi connectivity index (χ1) is 12.3. The van der Waals surface area contributed by atoms with Gasteiger partial charge in [-0.25, -0.2) is 8.42 Å². The second kappa shape index (κ2) is 7.20. The number of anilines is 1. The molecule has 1 amide bonds. The van der Waals surface area contributed by atoms with Crippen molar-refractivity contribution >= 4 is 21.6 Å². The van der Waals surface area contributed by atoms with Crippen molar-refractivity contribution in [2.75, 3.05) is 18.4 Å². The monoisotopic (exact) mass is 376 g/mol. The molecule has 2 heterocycles. The number of hydrogen-bond acceptors (Lipinski definition) is 4. The molecule has 1 aromatic carbocycles. The molecular formula is C18H24N4O3S. The molecule has 7 nitrogen and oxygen atoms in total. The Morgan fingerprint density at radius 3 is 2.73 bits per heavy atom. The highest BCUT2D eigenvalue weighted by molar-refractivity contribution is 7.89. The molecule has 1 aliphatic rings. The van der Waals surface area contributed by atoms with E-state index in [1.165, 1.54) is 11.2 Å². The van der Waals surface area contributed by atoms with Crippen LogP contribution in [-0.2, 0) is 21.9 Å². The number of carbonyl (C=O) groups is 1. The zero-order chi connectivity index (χ0) is 18.9. The Bertz CT molecular complexity index is 920. The van der Waals surface area contributed by atoms with Gasteiger partial charge in [0.25, 0.3) is 0 Å². The maximum Gasteiger partial charge on any atom is 0.245 e. The van der Waals surface area contributed by atoms with Crippen molar-refractivity contribution in [2.24, 2.45) is 7.05 Å². The highest BCUT2D eigenvalue weighted by Crippen LogP contribution is 2.32. The van der Waals surface area contributed by atoms with Crippen LogP contribution in [0, 0.1) is 6.92 Å². The number of hydrogen-bond donors (Lipinski definition) is 1. The number of aromatic nitrogens is 2. The van der Waals surface area contributed by atoms with E-state index in [2.05, 4.69) is 10.4 Å². The lowest BCUT2D eigenvalue weighted by atomic mass is 9.96. The quantitative estimate of drug-likeness (QED) is 0.887. The average molecular weight is 376 g/mol. The summed E-state index contributed by atoms with van der Waals surface area (Å²) < 4.78 is 29.8. The van der Waals surface area contributed by atoms with Gasteiger partial charge in [0.05, 0.1) is 11.4 Å². The van der Waals surface area contributed by atoms with Gasteiger partial charge in [-0.3, -0.25) is 9.48 Å². The molecule has 1 fully saturated rings. The molecule has 1 atom stereocenters. The number of amides is 1. The van der Waals surface area contributed by atoms with Gasteiger partial charge >= 0.3 is 0 Å². The molecule has 2 aromatic rings. The molecule has 8 heteroatoms. The van der Waals surface area contributed by atoms with Crippen molar-refractivity contribution in [2.45, 2.75) is 37.5 Å². The number of carbonyl (C=O) groups excluding carboxylic acids is 1. The van der Waals surface area contributed by atoms with E-state index in [9.17, 15) is 13.2 Å². The Morgan fingerprint density at radius 2 is 2.08 bits per heavy atom. The van der Waals surface area contributed by atoms with E-state index >= 15 is 0 Å². The lowest BCUT2D eigenvalue weighted by Gasteiger charge is -2.31. The topological polar surface area (TPSA) is 84.3 Å². The molecule has 0 spiro atoms. The number of nitrogens with one attached hydrogen (secondary N) is 1. The predicted molar refractivity (Wildman–Crippen MR) is 99.4 cm³/mol. The molecule has 0 saturated carbocycles. The number of nitrogens with zero attached hydrogens (tertiary/aromatic N) is 3. The Hall–Kier alpha value is -2.19. The van der Waals surface area contributed by atoms with Crippen molar-refractivity contribution < 1.29 is 13.2 Å². The second-order valence-electron chi connectivity index (χ2n) is 6.80. The fourth-order valence-corrected chi connectivity index (χ4v) is 5.08. The normalized spacial score (nSPS) is 18.7. The van der Waals surface area contributed by atoms with Gasteiger partial charge in [0.2, 0.25) is 15.9 Å². The fourth-order valence-electron chi connectivity index (χ4n) is 3.33. The summed E-state index contributed by atoms with van der Waals surface area (Å²) in [6.45, 7) is 4.07. The highest BCUT2D eigenvalue weighted by atomic mass is 32.2. The van der Waals surface area contributed by atoms with Gasteiger partial charge in [0.1, 0.15) is 4.90 Å². The molecular weight excluding hydrogens is 352 g/mol. The van der Waals surface area contributed by atoms with Crippen LogP contribution < -0.4 is 5.32 Å². The minimum absolute atomic E-state index is 0.0775. The molecule has 3 rings (SSSR count). The molecule has 0 bridgehead atoms. The zero-order valence-electron chi connectivity index (χ0n) is 15.3. The van der Waals surface area contributed by atoms with Gasteiger partial charge in [-0.1, -0.05) is 6.07 Å². The van der Waals surface area contributed by atoms with Gasteiger partial charge < -0.3 is 5.32 Å². The van der Waals surface area contributed by atoms with Crippen LogP contribution in [0.2, 0.25) is 0 Å². The SMILES string of the molecule is CC(=O)Nc1ccc(C)cc1S(=O)(=O)N1CCC[C@@H](c2ccn(C)n2)C1. The predicted octanol–water partition coefficient (Wildman–Crippen LogP) is 2.26. The van der Waals surface area contributed by atoms with E-state index in [-0.39, 0.29) is 16.7 Å². The van der Waals surface area contributed by atoms with E-state index in [0.29, 0.717) is 18.8 Å². The summed E-state index contributed by atoms with van der Waals surface area (Å²) in [5.41, 5.74) is 2.07. The number of rotatable bonds is 4. The van der Waals surface area contributed by atoms with E-state index in [1.807, 2.05) is 26.2 Å². The Morgan fingerprint density at radius 1 is 1.31 bits per heavy atom. The van der Waals surface area contributed by atoms with Crippen LogP contribution in [0.1, 0.15) is 36.9 Å². The number of benzene rings is 1. The van der Waals surface area contributed by atoms with Crippen molar-refractivity contribution in [3.63, 3.8) is 0 Å².